The van der Waals surface area contributed by atoms with Gasteiger partial charge in [-0.25, -0.2) is 0 Å². The number of rotatable bonds is 3. The molecule has 0 bridgehead atoms. The van der Waals surface area contributed by atoms with Crippen LogP contribution >= 0.6 is 0 Å². The molecule has 6 rings (SSSR count). The molecule has 0 aliphatic heterocycles. The highest BCUT2D eigenvalue weighted by Crippen LogP contribution is 2.74. The standard InChI is InChI=1S/C26H35N3O/c1-15-3-5-18-17(9-15)4-6-20-19(18)7-8-26(2)24(20)21-10-22(21)25(26)23(30)14-29-13-16(11-27)12-28-29/h12-13,15,17-22,24-25H,3-10,14H2,1-2H3. The highest BCUT2D eigenvalue weighted by molar-refractivity contribution is 5.83. The van der Waals surface area contributed by atoms with Crippen molar-refractivity contribution in [3.8, 4) is 6.07 Å². The van der Waals surface area contributed by atoms with Gasteiger partial charge < -0.3 is 0 Å². The van der Waals surface area contributed by atoms with Gasteiger partial charge >= 0.3 is 0 Å². The number of aromatic nitrogens is 2. The second-order valence-corrected chi connectivity index (χ2v) is 11.9. The molecule has 5 saturated carbocycles. The van der Waals surface area contributed by atoms with Crippen LogP contribution in [0.4, 0.5) is 0 Å². The first-order chi connectivity index (χ1) is 14.5. The molecular formula is C26H35N3O. The highest BCUT2D eigenvalue weighted by Gasteiger charge is 2.70. The molecule has 10 unspecified atom stereocenters. The molecular weight excluding hydrogens is 370 g/mol. The lowest BCUT2D eigenvalue weighted by Crippen LogP contribution is -2.51. The Balaban J connectivity index is 1.23. The minimum absolute atomic E-state index is 0.200. The SMILES string of the molecule is CC1CCC2C(CCC3C2CCC2(C)C(C(=O)Cn4cc(C#N)cn4)C4CC4C32)C1. The van der Waals surface area contributed by atoms with Gasteiger partial charge in [-0.2, -0.15) is 10.4 Å². The summed E-state index contributed by atoms with van der Waals surface area (Å²) < 4.78 is 1.69. The minimum Gasteiger partial charge on any atom is -0.297 e. The van der Waals surface area contributed by atoms with Crippen molar-refractivity contribution >= 4 is 5.78 Å². The van der Waals surface area contributed by atoms with Crippen LogP contribution in [0.1, 0.15) is 70.8 Å². The van der Waals surface area contributed by atoms with E-state index in [1.165, 1.54) is 51.4 Å². The van der Waals surface area contributed by atoms with Crippen molar-refractivity contribution in [3.63, 3.8) is 0 Å². The third-order valence-electron chi connectivity index (χ3n) is 10.4. The Kier molecular flexibility index (Phi) is 4.25. The Bertz CT molecular complexity index is 898. The number of carbonyl (C=O) groups is 1. The first-order valence-corrected chi connectivity index (χ1v) is 12.4. The van der Waals surface area contributed by atoms with E-state index in [1.807, 2.05) is 0 Å². The molecule has 5 fully saturated rings. The van der Waals surface area contributed by atoms with Crippen LogP contribution in [0.25, 0.3) is 0 Å². The van der Waals surface area contributed by atoms with Gasteiger partial charge in [0.2, 0.25) is 0 Å². The molecule has 0 spiro atoms. The van der Waals surface area contributed by atoms with Crippen molar-refractivity contribution in [2.24, 2.45) is 58.7 Å². The van der Waals surface area contributed by atoms with Gasteiger partial charge in [0.15, 0.2) is 5.78 Å². The van der Waals surface area contributed by atoms with E-state index in [2.05, 4.69) is 25.0 Å². The molecule has 0 N–H and O–H groups in total. The molecule has 4 heteroatoms. The van der Waals surface area contributed by atoms with Crippen molar-refractivity contribution in [3.05, 3.63) is 18.0 Å². The number of Topliss-reactive ketones (excluding diaryl/α,β-unsaturated/α-hetero) is 1. The number of nitrogens with zero attached hydrogens (tertiary/aromatic N) is 3. The van der Waals surface area contributed by atoms with Gasteiger partial charge in [0, 0.05) is 12.1 Å². The average molecular weight is 406 g/mol. The smallest absolute Gasteiger partial charge is 0.158 e. The van der Waals surface area contributed by atoms with E-state index in [0.717, 1.165) is 41.4 Å². The number of hydrogen-bond acceptors (Lipinski definition) is 3. The van der Waals surface area contributed by atoms with Crippen molar-refractivity contribution < 1.29 is 4.79 Å². The molecule has 160 valence electrons. The summed E-state index contributed by atoms with van der Waals surface area (Å²) in [6.07, 6.45) is 14.4. The lowest BCUT2D eigenvalue weighted by molar-refractivity contribution is -0.134. The summed E-state index contributed by atoms with van der Waals surface area (Å²) >= 11 is 0. The fourth-order valence-electron chi connectivity index (χ4n) is 9.43. The Labute approximate surface area is 180 Å². The van der Waals surface area contributed by atoms with Crippen LogP contribution in [0.5, 0.6) is 0 Å². The Hall–Kier alpha value is -1.63. The van der Waals surface area contributed by atoms with Crippen molar-refractivity contribution in [2.75, 3.05) is 0 Å². The van der Waals surface area contributed by atoms with E-state index in [4.69, 9.17) is 5.26 Å². The maximum atomic E-state index is 13.5. The monoisotopic (exact) mass is 405 g/mol. The molecule has 4 nitrogen and oxygen atoms in total. The topological polar surface area (TPSA) is 58.7 Å². The largest absolute Gasteiger partial charge is 0.297 e. The van der Waals surface area contributed by atoms with Crippen LogP contribution < -0.4 is 0 Å². The molecule has 1 aromatic rings. The molecule has 10 atom stereocenters. The number of ketones is 1. The van der Waals surface area contributed by atoms with Gasteiger partial charge in [0.25, 0.3) is 0 Å². The second-order valence-electron chi connectivity index (χ2n) is 11.9. The predicted octanol–water partition coefficient (Wildman–Crippen LogP) is 5.08. The average Bonchev–Trinajstić information content (AvgIpc) is 3.24. The normalized spacial score (nSPS) is 48.6. The minimum atomic E-state index is 0.200. The van der Waals surface area contributed by atoms with Gasteiger partial charge in [-0.3, -0.25) is 9.48 Å². The summed E-state index contributed by atoms with van der Waals surface area (Å²) in [5.74, 6) is 7.52. The summed E-state index contributed by atoms with van der Waals surface area (Å²) in [6, 6.07) is 2.12. The summed E-state index contributed by atoms with van der Waals surface area (Å²) in [5, 5.41) is 13.3. The van der Waals surface area contributed by atoms with E-state index in [-0.39, 0.29) is 11.3 Å². The van der Waals surface area contributed by atoms with Crippen LogP contribution in [0, 0.1) is 70.0 Å². The van der Waals surface area contributed by atoms with Crippen LogP contribution in [0.2, 0.25) is 0 Å². The van der Waals surface area contributed by atoms with Gasteiger partial charge in [-0.15, -0.1) is 0 Å². The van der Waals surface area contributed by atoms with Crippen LogP contribution in [0.3, 0.4) is 0 Å². The maximum absolute atomic E-state index is 13.5. The van der Waals surface area contributed by atoms with Gasteiger partial charge in [0.05, 0.1) is 18.3 Å². The first-order valence-electron chi connectivity index (χ1n) is 12.4. The van der Waals surface area contributed by atoms with E-state index >= 15 is 0 Å². The molecule has 0 aromatic carbocycles. The fraction of sp³-hybridized carbons (Fsp3) is 0.808. The van der Waals surface area contributed by atoms with E-state index in [1.54, 1.807) is 17.1 Å². The van der Waals surface area contributed by atoms with Crippen LogP contribution in [-0.4, -0.2) is 15.6 Å². The molecule has 5 aliphatic rings. The van der Waals surface area contributed by atoms with E-state index < -0.39 is 0 Å². The maximum Gasteiger partial charge on any atom is 0.158 e. The molecule has 5 aliphatic carbocycles. The molecule has 30 heavy (non-hydrogen) atoms. The number of nitriles is 1. The third kappa shape index (κ3) is 2.69. The van der Waals surface area contributed by atoms with Crippen LogP contribution in [-0.2, 0) is 11.3 Å². The predicted molar refractivity (Wildman–Crippen MR) is 114 cm³/mol. The first kappa shape index (κ1) is 19.1. The summed E-state index contributed by atoms with van der Waals surface area (Å²) in [5.41, 5.74) is 0.743. The lowest BCUT2D eigenvalue weighted by atomic mass is 9.48. The van der Waals surface area contributed by atoms with Crippen molar-refractivity contribution in [1.82, 2.24) is 9.78 Å². The molecule has 0 amide bonds. The summed E-state index contributed by atoms with van der Waals surface area (Å²) in [6.45, 7) is 5.28. The zero-order valence-corrected chi connectivity index (χ0v) is 18.5. The van der Waals surface area contributed by atoms with Gasteiger partial charge in [-0.05, 0) is 97.7 Å². The highest BCUT2D eigenvalue weighted by atomic mass is 16.1. The second kappa shape index (κ2) is 6.68. The molecule has 0 saturated heterocycles. The zero-order valence-electron chi connectivity index (χ0n) is 18.5. The molecule has 0 radical (unpaired) electrons. The quantitative estimate of drug-likeness (QED) is 0.704. The fourth-order valence-corrected chi connectivity index (χ4v) is 9.43. The number of fused-ring (bicyclic) bond motifs is 7. The Morgan fingerprint density at radius 1 is 1.13 bits per heavy atom. The van der Waals surface area contributed by atoms with Crippen LogP contribution in [0.15, 0.2) is 12.4 Å². The summed E-state index contributed by atoms with van der Waals surface area (Å²) in [4.78, 5) is 13.5. The van der Waals surface area contributed by atoms with Crippen molar-refractivity contribution in [1.29, 1.82) is 5.26 Å². The zero-order chi connectivity index (χ0) is 20.6. The Morgan fingerprint density at radius 2 is 1.97 bits per heavy atom. The van der Waals surface area contributed by atoms with E-state index in [9.17, 15) is 4.79 Å². The molecule has 1 aromatic heterocycles. The number of carbonyl (C=O) groups excluding carboxylic acids is 1. The van der Waals surface area contributed by atoms with E-state index in [0.29, 0.717) is 23.8 Å². The van der Waals surface area contributed by atoms with Crippen molar-refractivity contribution in [2.45, 2.75) is 71.8 Å². The molecule has 1 heterocycles. The number of hydrogen-bond donors (Lipinski definition) is 0. The summed E-state index contributed by atoms with van der Waals surface area (Å²) in [7, 11) is 0. The third-order valence-corrected chi connectivity index (χ3v) is 10.4. The Morgan fingerprint density at radius 3 is 2.77 bits per heavy atom. The lowest BCUT2D eigenvalue weighted by Gasteiger charge is -2.57. The van der Waals surface area contributed by atoms with Gasteiger partial charge in [0.1, 0.15) is 6.07 Å². The van der Waals surface area contributed by atoms with Gasteiger partial charge in [-0.1, -0.05) is 20.3 Å².